The predicted octanol–water partition coefficient (Wildman–Crippen LogP) is 3.54. The number of rotatable bonds is 7. The number of aryl methyl sites for hydroxylation is 1. The maximum Gasteiger partial charge on any atom is 0.310 e. The third-order valence-corrected chi connectivity index (χ3v) is 6.93. The van der Waals surface area contributed by atoms with E-state index in [-0.39, 0.29) is 10.8 Å². The van der Waals surface area contributed by atoms with E-state index >= 15 is 0 Å². The maximum absolute atomic E-state index is 12.6. The van der Waals surface area contributed by atoms with Crippen molar-refractivity contribution in [3.05, 3.63) is 96.4 Å². The number of aliphatic imine (C=N–C) groups is 1. The number of methoxy groups -OCH3 is 3. The molecule has 188 valence electrons. The summed E-state index contributed by atoms with van der Waals surface area (Å²) in [7, 11) is 4.70. The summed E-state index contributed by atoms with van der Waals surface area (Å²) in [6.07, 6.45) is 1.78. The van der Waals surface area contributed by atoms with E-state index in [0.29, 0.717) is 51.1 Å². The second kappa shape index (κ2) is 9.94. The van der Waals surface area contributed by atoms with E-state index in [1.807, 2.05) is 49.4 Å². The smallest absolute Gasteiger partial charge is 0.310 e. The standard InChI is InChI=1S/C28H25N3O5S/c1-16-6-5-7-18(10-16)15-31-27(32)25(37-28(31)33)12-17-8-9-20-21(11-17)30-26(29-20)19-13-23(35-3)24(36-4)14-22(19)34-2/h5-14,32H,15H2,1-4H3. The molecular formula is C28H25N3O5S. The maximum atomic E-state index is 12.6. The zero-order valence-corrected chi connectivity index (χ0v) is 21.6. The lowest BCUT2D eigenvalue weighted by molar-refractivity contribution is 0.349. The topological polar surface area (TPSA) is 94.6 Å². The van der Waals surface area contributed by atoms with Crippen molar-refractivity contribution in [2.24, 2.45) is 9.98 Å². The van der Waals surface area contributed by atoms with Crippen LogP contribution in [0.5, 0.6) is 23.1 Å². The van der Waals surface area contributed by atoms with Gasteiger partial charge in [-0.2, -0.15) is 0 Å². The number of ether oxygens (including phenoxy) is 3. The SMILES string of the molecule is COc1cc(OC)c(C2=Nc3cc(=Cc4sc(=O)n(Cc5cccc(C)c5)c4O)ccc3=N2)cc1OC. The molecule has 1 aliphatic rings. The third kappa shape index (κ3) is 4.73. The Labute approximate surface area is 217 Å². The Balaban J connectivity index is 1.50. The summed E-state index contributed by atoms with van der Waals surface area (Å²) in [6.45, 7) is 2.30. The molecule has 3 aromatic carbocycles. The molecule has 4 aromatic rings. The number of amidine groups is 1. The monoisotopic (exact) mass is 515 g/mol. The van der Waals surface area contributed by atoms with Crippen LogP contribution < -0.4 is 29.7 Å². The molecule has 0 saturated carbocycles. The molecule has 0 unspecified atom stereocenters. The summed E-state index contributed by atoms with van der Waals surface area (Å²) >= 11 is 1.00. The largest absolute Gasteiger partial charge is 0.496 e. The van der Waals surface area contributed by atoms with Crippen molar-refractivity contribution in [3.8, 4) is 23.1 Å². The fraction of sp³-hybridized carbons (Fsp3) is 0.179. The van der Waals surface area contributed by atoms with E-state index in [1.165, 1.54) is 4.57 Å². The van der Waals surface area contributed by atoms with Crippen molar-refractivity contribution in [2.45, 2.75) is 13.5 Å². The van der Waals surface area contributed by atoms with Gasteiger partial charge in [-0.1, -0.05) is 47.2 Å². The second-order valence-corrected chi connectivity index (χ2v) is 9.47. The molecule has 1 N–H and O–H groups in total. The molecule has 0 amide bonds. The number of aromatic nitrogens is 1. The van der Waals surface area contributed by atoms with Crippen LogP contribution in [0.1, 0.15) is 21.6 Å². The number of hydrogen-bond donors (Lipinski definition) is 1. The summed E-state index contributed by atoms with van der Waals surface area (Å²) in [5.41, 5.74) is 3.40. The van der Waals surface area contributed by atoms with Crippen LogP contribution in [-0.4, -0.2) is 36.8 Å². The molecule has 0 fully saturated rings. The van der Waals surface area contributed by atoms with Gasteiger partial charge in [0.1, 0.15) is 5.75 Å². The van der Waals surface area contributed by atoms with Crippen LogP contribution in [0.4, 0.5) is 5.69 Å². The Morgan fingerprint density at radius 1 is 0.946 bits per heavy atom. The summed E-state index contributed by atoms with van der Waals surface area (Å²) in [5, 5.41) is 12.3. The average molecular weight is 516 g/mol. The molecule has 8 nitrogen and oxygen atoms in total. The highest BCUT2D eigenvalue weighted by atomic mass is 32.1. The number of aromatic hydroxyl groups is 1. The summed E-state index contributed by atoms with van der Waals surface area (Å²) in [6, 6.07) is 17.0. The van der Waals surface area contributed by atoms with E-state index in [0.717, 1.165) is 27.7 Å². The lowest BCUT2D eigenvalue weighted by atomic mass is 10.1. The molecule has 37 heavy (non-hydrogen) atoms. The van der Waals surface area contributed by atoms with Gasteiger partial charge in [0.05, 0.1) is 49.4 Å². The molecule has 1 aliphatic heterocycles. The lowest BCUT2D eigenvalue weighted by Gasteiger charge is -2.13. The molecular weight excluding hydrogens is 490 g/mol. The van der Waals surface area contributed by atoms with Crippen molar-refractivity contribution >= 4 is 28.9 Å². The third-order valence-electron chi connectivity index (χ3n) is 6.01. The Morgan fingerprint density at radius 3 is 2.43 bits per heavy atom. The van der Waals surface area contributed by atoms with Gasteiger partial charge in [0.15, 0.2) is 17.3 Å². The fourth-order valence-electron chi connectivity index (χ4n) is 4.18. The fourth-order valence-corrected chi connectivity index (χ4v) is 5.03. The highest BCUT2D eigenvalue weighted by Crippen LogP contribution is 2.36. The van der Waals surface area contributed by atoms with Gasteiger partial charge in [0.25, 0.3) is 0 Å². The normalized spacial score (nSPS) is 12.6. The van der Waals surface area contributed by atoms with Gasteiger partial charge in [0, 0.05) is 6.07 Å². The highest BCUT2D eigenvalue weighted by Gasteiger charge is 2.19. The molecule has 0 spiro atoms. The van der Waals surface area contributed by atoms with E-state index in [2.05, 4.69) is 4.99 Å². The molecule has 0 aliphatic carbocycles. The van der Waals surface area contributed by atoms with Gasteiger partial charge in [-0.3, -0.25) is 9.36 Å². The van der Waals surface area contributed by atoms with Crippen molar-refractivity contribution in [1.82, 2.24) is 4.57 Å². The number of benzene rings is 3. The lowest BCUT2D eigenvalue weighted by Crippen LogP contribution is -2.13. The molecule has 0 atom stereocenters. The van der Waals surface area contributed by atoms with Gasteiger partial charge >= 0.3 is 4.87 Å². The van der Waals surface area contributed by atoms with E-state index in [4.69, 9.17) is 19.2 Å². The van der Waals surface area contributed by atoms with Gasteiger partial charge in [-0.25, -0.2) is 9.98 Å². The van der Waals surface area contributed by atoms with Crippen LogP contribution in [0.3, 0.4) is 0 Å². The van der Waals surface area contributed by atoms with Crippen molar-refractivity contribution in [2.75, 3.05) is 21.3 Å². The Kier molecular flexibility index (Phi) is 6.54. The van der Waals surface area contributed by atoms with Gasteiger partial charge in [-0.05, 0) is 42.0 Å². The molecule has 1 aromatic heterocycles. The van der Waals surface area contributed by atoms with Crippen LogP contribution in [0, 0.1) is 6.92 Å². The minimum absolute atomic E-state index is 0.0547. The first-order chi connectivity index (χ1) is 17.9. The minimum atomic E-state index is -0.220. The molecule has 0 saturated heterocycles. The van der Waals surface area contributed by atoms with E-state index in [1.54, 1.807) is 39.5 Å². The van der Waals surface area contributed by atoms with Crippen molar-refractivity contribution in [1.29, 1.82) is 0 Å². The van der Waals surface area contributed by atoms with Crippen LogP contribution in [0.25, 0.3) is 6.08 Å². The van der Waals surface area contributed by atoms with E-state index < -0.39 is 0 Å². The molecule has 5 rings (SSSR count). The first-order valence-electron chi connectivity index (χ1n) is 11.5. The van der Waals surface area contributed by atoms with Gasteiger partial charge in [-0.15, -0.1) is 0 Å². The Morgan fingerprint density at radius 2 is 1.70 bits per heavy atom. The van der Waals surface area contributed by atoms with Crippen molar-refractivity contribution in [3.63, 3.8) is 0 Å². The number of nitrogens with zero attached hydrogens (tertiary/aromatic N) is 3. The minimum Gasteiger partial charge on any atom is -0.496 e. The molecule has 2 heterocycles. The summed E-state index contributed by atoms with van der Waals surface area (Å²) in [5.74, 6) is 2.08. The predicted molar refractivity (Wildman–Crippen MR) is 144 cm³/mol. The Bertz CT molecular complexity index is 1720. The summed E-state index contributed by atoms with van der Waals surface area (Å²) in [4.78, 5) is 22.2. The van der Waals surface area contributed by atoms with Crippen LogP contribution in [0.2, 0.25) is 0 Å². The molecule has 0 bridgehead atoms. The zero-order valence-electron chi connectivity index (χ0n) is 20.8. The van der Waals surface area contributed by atoms with Crippen LogP contribution in [-0.2, 0) is 6.54 Å². The van der Waals surface area contributed by atoms with Crippen LogP contribution >= 0.6 is 11.3 Å². The number of hydrogen-bond acceptors (Lipinski definition) is 8. The number of fused-ring (bicyclic) bond motifs is 1. The zero-order chi connectivity index (χ0) is 26.1. The average Bonchev–Trinajstić information content (AvgIpc) is 3.43. The van der Waals surface area contributed by atoms with Gasteiger partial charge < -0.3 is 19.3 Å². The molecule has 9 heteroatoms. The van der Waals surface area contributed by atoms with Crippen molar-refractivity contribution < 1.29 is 19.3 Å². The van der Waals surface area contributed by atoms with Gasteiger partial charge in [0.2, 0.25) is 5.88 Å². The first-order valence-corrected chi connectivity index (χ1v) is 12.3. The highest BCUT2D eigenvalue weighted by molar-refractivity contribution is 7.10. The van der Waals surface area contributed by atoms with E-state index in [9.17, 15) is 9.90 Å². The Hall–Kier alpha value is -4.37. The summed E-state index contributed by atoms with van der Waals surface area (Å²) < 4.78 is 17.7. The first kappa shape index (κ1) is 24.3. The quantitative estimate of drug-likeness (QED) is 0.406. The van der Waals surface area contributed by atoms with Crippen LogP contribution in [0.15, 0.2) is 69.4 Å². The number of thiazole rings is 1. The molecule has 0 radical (unpaired) electrons. The second-order valence-electron chi connectivity index (χ2n) is 8.48.